The molecule has 1 aromatic heterocycles. The molecule has 158 valence electrons. The number of anilines is 2. The van der Waals surface area contributed by atoms with Gasteiger partial charge in [0.15, 0.2) is 11.5 Å². The molecular weight excluding hydrogens is 399 g/mol. The second kappa shape index (κ2) is 8.22. The normalized spacial score (nSPS) is 15.7. The number of carbonyl (C=O) groups is 1. The van der Waals surface area contributed by atoms with Gasteiger partial charge in [0, 0.05) is 42.4 Å². The summed E-state index contributed by atoms with van der Waals surface area (Å²) in [4.78, 5) is 23.5. The summed E-state index contributed by atoms with van der Waals surface area (Å²) < 4.78 is 24.2. The van der Waals surface area contributed by atoms with Crippen LogP contribution in [0.3, 0.4) is 0 Å². The minimum Gasteiger partial charge on any atom is -0.454 e. The van der Waals surface area contributed by atoms with Crippen LogP contribution in [0.4, 0.5) is 15.9 Å². The van der Waals surface area contributed by atoms with Crippen molar-refractivity contribution in [3.63, 3.8) is 0 Å². The largest absolute Gasteiger partial charge is 0.454 e. The highest BCUT2D eigenvalue weighted by Crippen LogP contribution is 2.34. The van der Waals surface area contributed by atoms with Gasteiger partial charge in [0.1, 0.15) is 18.0 Å². The maximum Gasteiger partial charge on any atom is 0.231 e. The molecular formula is C23H21FN4O3. The Balaban J connectivity index is 1.21. The molecule has 0 saturated carbocycles. The highest BCUT2D eigenvalue weighted by Gasteiger charge is 2.26. The predicted molar refractivity (Wildman–Crippen MR) is 114 cm³/mol. The quantitative estimate of drug-likeness (QED) is 0.691. The second-order valence-corrected chi connectivity index (χ2v) is 7.59. The third-order valence-corrected chi connectivity index (χ3v) is 5.60. The van der Waals surface area contributed by atoms with Crippen molar-refractivity contribution in [3.05, 3.63) is 60.7 Å². The number of hydrogen-bond acceptors (Lipinski definition) is 6. The number of ether oxygens (including phenoxy) is 2. The monoisotopic (exact) mass is 420 g/mol. The van der Waals surface area contributed by atoms with Crippen LogP contribution >= 0.6 is 0 Å². The number of piperidine rings is 1. The summed E-state index contributed by atoms with van der Waals surface area (Å²) in [5.74, 6) is 1.74. The lowest BCUT2D eigenvalue weighted by atomic mass is 9.95. The van der Waals surface area contributed by atoms with Crippen LogP contribution in [0.1, 0.15) is 12.8 Å². The van der Waals surface area contributed by atoms with E-state index in [2.05, 4.69) is 20.2 Å². The van der Waals surface area contributed by atoms with E-state index in [0.717, 1.165) is 18.7 Å². The molecule has 1 saturated heterocycles. The molecule has 0 unspecified atom stereocenters. The lowest BCUT2D eigenvalue weighted by Crippen LogP contribution is -2.38. The molecule has 2 aromatic carbocycles. The van der Waals surface area contributed by atoms with Crippen LogP contribution in [0.5, 0.6) is 11.5 Å². The zero-order valence-electron chi connectivity index (χ0n) is 16.8. The standard InChI is InChI=1S/C23H21FN4O3/c24-17-3-1-2-16(10-17)19-12-22(26-13-25-19)28-8-6-15(7-9-28)23(29)27-18-4-5-20-21(11-18)31-14-30-20/h1-5,10-13,15H,6-9,14H2,(H,27,29). The smallest absolute Gasteiger partial charge is 0.231 e. The molecule has 3 heterocycles. The molecule has 0 aliphatic carbocycles. The fourth-order valence-electron chi connectivity index (χ4n) is 3.92. The first kappa shape index (κ1) is 19.3. The lowest BCUT2D eigenvalue weighted by molar-refractivity contribution is -0.120. The van der Waals surface area contributed by atoms with Gasteiger partial charge >= 0.3 is 0 Å². The minimum atomic E-state index is -0.299. The molecule has 2 aliphatic rings. The third kappa shape index (κ3) is 4.14. The van der Waals surface area contributed by atoms with E-state index in [-0.39, 0.29) is 24.4 Å². The fourth-order valence-corrected chi connectivity index (χ4v) is 3.92. The maximum atomic E-state index is 13.5. The number of amides is 1. The van der Waals surface area contributed by atoms with E-state index in [1.54, 1.807) is 18.2 Å². The predicted octanol–water partition coefficient (Wildman–Crippen LogP) is 3.87. The van der Waals surface area contributed by atoms with Crippen molar-refractivity contribution >= 4 is 17.4 Å². The van der Waals surface area contributed by atoms with Crippen LogP contribution in [0, 0.1) is 11.7 Å². The maximum absolute atomic E-state index is 13.5. The van der Waals surface area contributed by atoms with Crippen molar-refractivity contribution in [1.82, 2.24) is 9.97 Å². The van der Waals surface area contributed by atoms with E-state index >= 15 is 0 Å². The zero-order valence-corrected chi connectivity index (χ0v) is 16.8. The van der Waals surface area contributed by atoms with Crippen molar-refractivity contribution in [1.29, 1.82) is 0 Å². The van der Waals surface area contributed by atoms with Gasteiger partial charge in [-0.1, -0.05) is 12.1 Å². The molecule has 31 heavy (non-hydrogen) atoms. The average Bonchev–Trinajstić information content (AvgIpc) is 3.27. The lowest BCUT2D eigenvalue weighted by Gasteiger charge is -2.32. The summed E-state index contributed by atoms with van der Waals surface area (Å²) in [6.07, 6.45) is 2.93. The number of halogens is 1. The fraction of sp³-hybridized carbons (Fsp3) is 0.261. The van der Waals surface area contributed by atoms with E-state index in [9.17, 15) is 9.18 Å². The summed E-state index contributed by atoms with van der Waals surface area (Å²) in [6.45, 7) is 1.62. The van der Waals surface area contributed by atoms with Gasteiger partial charge < -0.3 is 19.7 Å². The van der Waals surface area contributed by atoms with Crippen LogP contribution in [0.25, 0.3) is 11.3 Å². The van der Waals surface area contributed by atoms with Crippen molar-refractivity contribution < 1.29 is 18.7 Å². The Labute approximate surface area is 178 Å². The number of carbonyl (C=O) groups excluding carboxylic acids is 1. The van der Waals surface area contributed by atoms with Crippen molar-refractivity contribution in [3.8, 4) is 22.8 Å². The number of benzene rings is 2. The Bertz CT molecular complexity index is 1120. The summed E-state index contributed by atoms with van der Waals surface area (Å²) >= 11 is 0. The van der Waals surface area contributed by atoms with Gasteiger partial charge in [-0.05, 0) is 37.1 Å². The Morgan fingerprint density at radius 3 is 2.71 bits per heavy atom. The molecule has 0 radical (unpaired) electrons. The first-order valence-corrected chi connectivity index (χ1v) is 10.2. The molecule has 8 heteroatoms. The molecule has 2 aliphatic heterocycles. The molecule has 0 atom stereocenters. The first-order chi connectivity index (χ1) is 15.2. The molecule has 0 bridgehead atoms. The second-order valence-electron chi connectivity index (χ2n) is 7.59. The summed E-state index contributed by atoms with van der Waals surface area (Å²) in [7, 11) is 0. The summed E-state index contributed by atoms with van der Waals surface area (Å²) in [5.41, 5.74) is 2.08. The van der Waals surface area contributed by atoms with Crippen molar-refractivity contribution in [2.75, 3.05) is 30.1 Å². The number of nitrogens with zero attached hydrogens (tertiary/aromatic N) is 3. The van der Waals surface area contributed by atoms with E-state index in [1.165, 1.54) is 18.5 Å². The van der Waals surface area contributed by atoms with Crippen LogP contribution in [-0.2, 0) is 4.79 Å². The van der Waals surface area contributed by atoms with Crippen molar-refractivity contribution in [2.45, 2.75) is 12.8 Å². The van der Waals surface area contributed by atoms with E-state index < -0.39 is 0 Å². The zero-order chi connectivity index (χ0) is 21.2. The van der Waals surface area contributed by atoms with E-state index in [1.807, 2.05) is 18.2 Å². The topological polar surface area (TPSA) is 76.6 Å². The van der Waals surface area contributed by atoms with E-state index in [4.69, 9.17) is 9.47 Å². The minimum absolute atomic E-state index is 0.00153. The Morgan fingerprint density at radius 1 is 1.03 bits per heavy atom. The van der Waals surface area contributed by atoms with E-state index in [0.29, 0.717) is 41.5 Å². The molecule has 7 nitrogen and oxygen atoms in total. The van der Waals surface area contributed by atoms with Crippen LogP contribution in [0.2, 0.25) is 0 Å². The molecule has 1 N–H and O–H groups in total. The van der Waals surface area contributed by atoms with Gasteiger partial charge in [-0.15, -0.1) is 0 Å². The SMILES string of the molecule is O=C(Nc1ccc2c(c1)OCO2)C1CCN(c2cc(-c3cccc(F)c3)ncn2)CC1. The van der Waals surface area contributed by atoms with Crippen LogP contribution in [0.15, 0.2) is 54.9 Å². The van der Waals surface area contributed by atoms with Gasteiger partial charge in [0.05, 0.1) is 5.69 Å². The van der Waals surface area contributed by atoms with Gasteiger partial charge in [0.25, 0.3) is 0 Å². The molecule has 1 amide bonds. The molecule has 3 aromatic rings. The number of hydrogen-bond donors (Lipinski definition) is 1. The van der Waals surface area contributed by atoms with Crippen LogP contribution in [-0.4, -0.2) is 35.8 Å². The molecule has 5 rings (SSSR count). The van der Waals surface area contributed by atoms with Gasteiger partial charge in [0.2, 0.25) is 12.7 Å². The van der Waals surface area contributed by atoms with Gasteiger partial charge in [-0.25, -0.2) is 14.4 Å². The third-order valence-electron chi connectivity index (χ3n) is 5.60. The number of rotatable bonds is 4. The summed E-state index contributed by atoms with van der Waals surface area (Å²) in [5, 5.41) is 2.98. The first-order valence-electron chi connectivity index (χ1n) is 10.2. The Hall–Kier alpha value is -3.68. The number of fused-ring (bicyclic) bond motifs is 1. The van der Waals surface area contributed by atoms with Gasteiger partial charge in [-0.3, -0.25) is 4.79 Å². The Morgan fingerprint density at radius 2 is 1.87 bits per heavy atom. The van der Waals surface area contributed by atoms with Gasteiger partial charge in [-0.2, -0.15) is 0 Å². The van der Waals surface area contributed by atoms with Crippen LogP contribution < -0.4 is 19.7 Å². The molecule has 0 spiro atoms. The summed E-state index contributed by atoms with van der Waals surface area (Å²) in [6, 6.07) is 13.6. The average molecular weight is 420 g/mol. The highest BCUT2D eigenvalue weighted by atomic mass is 19.1. The Kier molecular flexibility index (Phi) is 5.11. The van der Waals surface area contributed by atoms with Crippen molar-refractivity contribution in [2.24, 2.45) is 5.92 Å². The molecule has 1 fully saturated rings. The highest BCUT2D eigenvalue weighted by molar-refractivity contribution is 5.93. The number of aromatic nitrogens is 2. The number of nitrogens with one attached hydrogen (secondary N) is 1.